The summed E-state index contributed by atoms with van der Waals surface area (Å²) in [4.78, 5) is 25.0. The molecular formula is C27H21FN4O4. The molecule has 0 aliphatic carbocycles. The van der Waals surface area contributed by atoms with Crippen molar-refractivity contribution in [2.75, 3.05) is 5.32 Å². The van der Waals surface area contributed by atoms with Crippen molar-refractivity contribution >= 4 is 17.5 Å². The predicted molar refractivity (Wildman–Crippen MR) is 130 cm³/mol. The van der Waals surface area contributed by atoms with Crippen LogP contribution in [0.25, 0.3) is 11.1 Å². The molecule has 0 aliphatic rings. The molecule has 36 heavy (non-hydrogen) atoms. The van der Waals surface area contributed by atoms with Gasteiger partial charge in [0, 0.05) is 22.9 Å². The van der Waals surface area contributed by atoms with Gasteiger partial charge >= 0.3 is 5.91 Å². The van der Waals surface area contributed by atoms with Gasteiger partial charge in [0.25, 0.3) is 5.91 Å². The fraction of sp³-hybridized carbons (Fsp3) is 0.0741. The van der Waals surface area contributed by atoms with Crippen LogP contribution in [0, 0.1) is 17.1 Å². The third kappa shape index (κ3) is 5.34. The van der Waals surface area contributed by atoms with E-state index < -0.39 is 11.8 Å². The van der Waals surface area contributed by atoms with Crippen LogP contribution < -0.4 is 16.2 Å². The Morgan fingerprint density at radius 3 is 2.36 bits per heavy atom. The van der Waals surface area contributed by atoms with Crippen molar-refractivity contribution in [2.24, 2.45) is 0 Å². The van der Waals surface area contributed by atoms with Gasteiger partial charge in [-0.15, -0.1) is 0 Å². The molecule has 4 N–H and O–H groups in total. The second-order valence-electron chi connectivity index (χ2n) is 7.91. The zero-order chi connectivity index (χ0) is 25.7. The second-order valence-corrected chi connectivity index (χ2v) is 7.91. The van der Waals surface area contributed by atoms with E-state index in [1.54, 1.807) is 24.3 Å². The van der Waals surface area contributed by atoms with Crippen molar-refractivity contribution in [1.29, 1.82) is 5.26 Å². The fourth-order valence-electron chi connectivity index (χ4n) is 3.55. The van der Waals surface area contributed by atoms with Crippen molar-refractivity contribution in [1.82, 2.24) is 10.9 Å². The van der Waals surface area contributed by atoms with Crippen LogP contribution in [0.5, 0.6) is 5.75 Å². The molecule has 1 atom stereocenters. The summed E-state index contributed by atoms with van der Waals surface area (Å²) in [7, 11) is 0. The molecule has 0 fully saturated rings. The zero-order valence-corrected chi connectivity index (χ0v) is 19.1. The lowest BCUT2D eigenvalue weighted by Gasteiger charge is -2.16. The van der Waals surface area contributed by atoms with Crippen LogP contribution in [-0.2, 0) is 0 Å². The van der Waals surface area contributed by atoms with Gasteiger partial charge in [-0.25, -0.2) is 4.39 Å². The highest BCUT2D eigenvalue weighted by Gasteiger charge is 2.18. The first-order valence-corrected chi connectivity index (χ1v) is 10.9. The first kappa shape index (κ1) is 24.0. The summed E-state index contributed by atoms with van der Waals surface area (Å²) in [6.45, 7) is 1.97. The molecule has 0 aliphatic heterocycles. The summed E-state index contributed by atoms with van der Waals surface area (Å²) < 4.78 is 18.5. The third-order valence-electron chi connectivity index (χ3n) is 5.49. The molecule has 0 saturated carbocycles. The highest BCUT2D eigenvalue weighted by molar-refractivity contribution is 6.01. The second kappa shape index (κ2) is 10.4. The number of hydrogen-bond acceptors (Lipinski definition) is 6. The molecule has 1 heterocycles. The van der Waals surface area contributed by atoms with Crippen LogP contribution >= 0.6 is 0 Å². The number of hydrogen-bond donors (Lipinski definition) is 4. The Hall–Kier alpha value is -5.10. The van der Waals surface area contributed by atoms with Gasteiger partial charge in [-0.3, -0.25) is 20.4 Å². The average molecular weight is 484 g/mol. The normalized spacial score (nSPS) is 11.2. The smallest absolute Gasteiger partial charge is 0.306 e. The van der Waals surface area contributed by atoms with Crippen molar-refractivity contribution in [3.8, 4) is 22.9 Å². The van der Waals surface area contributed by atoms with Gasteiger partial charge in [0.1, 0.15) is 17.6 Å². The maximum Gasteiger partial charge on any atom is 0.306 e. The minimum Gasteiger partial charge on any atom is -0.507 e. The largest absolute Gasteiger partial charge is 0.507 e. The number of carbonyl (C=O) groups is 2. The number of phenols is 1. The Bertz CT molecular complexity index is 1440. The van der Waals surface area contributed by atoms with E-state index in [1.807, 2.05) is 31.2 Å². The Morgan fingerprint density at radius 2 is 1.67 bits per heavy atom. The van der Waals surface area contributed by atoms with E-state index in [0.29, 0.717) is 5.56 Å². The van der Waals surface area contributed by atoms with Gasteiger partial charge in [0.05, 0.1) is 11.8 Å². The number of furan rings is 1. The lowest BCUT2D eigenvalue weighted by Crippen LogP contribution is -2.41. The van der Waals surface area contributed by atoms with Gasteiger partial charge < -0.3 is 14.8 Å². The molecule has 1 aromatic heterocycles. The van der Waals surface area contributed by atoms with Crippen LogP contribution in [0.1, 0.15) is 45.0 Å². The monoisotopic (exact) mass is 484 g/mol. The lowest BCUT2D eigenvalue weighted by molar-refractivity contribution is 0.0831. The summed E-state index contributed by atoms with van der Waals surface area (Å²) in [5.41, 5.74) is 7.59. The molecule has 180 valence electrons. The predicted octanol–water partition coefficient (Wildman–Crippen LogP) is 4.91. The van der Waals surface area contributed by atoms with E-state index >= 15 is 0 Å². The van der Waals surface area contributed by atoms with Gasteiger partial charge in [0.15, 0.2) is 0 Å². The number of nitrogens with zero attached hydrogens (tertiary/aromatic N) is 1. The SMILES string of the molecule is C[C@H](Nc1ccc(-c2ccoc2C(=O)NNC(=O)c2ccc(O)c(C#N)c2)cc1)c1ccc(F)cc1. The Labute approximate surface area is 206 Å². The first-order valence-electron chi connectivity index (χ1n) is 10.9. The number of benzene rings is 3. The molecule has 4 aromatic rings. The van der Waals surface area contributed by atoms with Crippen LogP contribution in [0.3, 0.4) is 0 Å². The summed E-state index contributed by atoms with van der Waals surface area (Å²) in [5.74, 6) is -1.87. The van der Waals surface area contributed by atoms with Gasteiger partial charge in [-0.1, -0.05) is 24.3 Å². The maximum atomic E-state index is 13.2. The van der Waals surface area contributed by atoms with Crippen molar-refractivity contribution in [2.45, 2.75) is 13.0 Å². The maximum absolute atomic E-state index is 13.2. The first-order chi connectivity index (χ1) is 17.4. The van der Waals surface area contributed by atoms with Crippen molar-refractivity contribution in [3.63, 3.8) is 0 Å². The molecule has 0 unspecified atom stereocenters. The molecule has 4 rings (SSSR count). The highest BCUT2D eigenvalue weighted by atomic mass is 19.1. The van der Waals surface area contributed by atoms with Crippen LogP contribution in [-0.4, -0.2) is 16.9 Å². The number of phenolic OH excluding ortho intramolecular Hbond substituents is 1. The topological polar surface area (TPSA) is 127 Å². The number of nitrogens with one attached hydrogen (secondary N) is 3. The van der Waals surface area contributed by atoms with Crippen LogP contribution in [0.2, 0.25) is 0 Å². The Balaban J connectivity index is 1.41. The summed E-state index contributed by atoms with van der Waals surface area (Å²) >= 11 is 0. The van der Waals surface area contributed by atoms with Gasteiger partial charge in [-0.2, -0.15) is 5.26 Å². The highest BCUT2D eigenvalue weighted by Crippen LogP contribution is 2.27. The Morgan fingerprint density at radius 1 is 0.972 bits per heavy atom. The average Bonchev–Trinajstić information content (AvgIpc) is 3.38. The van der Waals surface area contributed by atoms with Gasteiger partial charge in [0.2, 0.25) is 5.76 Å². The summed E-state index contributed by atoms with van der Waals surface area (Å²) in [6, 6.07) is 20.7. The van der Waals surface area contributed by atoms with E-state index in [4.69, 9.17) is 9.68 Å². The fourth-order valence-corrected chi connectivity index (χ4v) is 3.55. The summed E-state index contributed by atoms with van der Waals surface area (Å²) in [5, 5.41) is 21.9. The lowest BCUT2D eigenvalue weighted by atomic mass is 10.0. The number of hydrazine groups is 1. The van der Waals surface area contributed by atoms with E-state index in [0.717, 1.165) is 16.8 Å². The molecule has 0 saturated heterocycles. The number of aromatic hydroxyl groups is 1. The van der Waals surface area contributed by atoms with E-state index in [9.17, 15) is 19.1 Å². The summed E-state index contributed by atoms with van der Waals surface area (Å²) in [6.07, 6.45) is 1.37. The Kier molecular flexibility index (Phi) is 6.97. The van der Waals surface area contributed by atoms with E-state index in [2.05, 4.69) is 16.2 Å². The van der Waals surface area contributed by atoms with E-state index in [1.165, 1.54) is 36.6 Å². The number of halogens is 1. The molecule has 3 aromatic carbocycles. The number of nitriles is 1. The van der Waals surface area contributed by atoms with Crippen LogP contribution in [0.15, 0.2) is 83.5 Å². The minimum absolute atomic E-state index is 0.000825. The molecular weight excluding hydrogens is 463 g/mol. The number of rotatable bonds is 6. The minimum atomic E-state index is -0.672. The zero-order valence-electron chi connectivity index (χ0n) is 19.1. The molecule has 9 heteroatoms. The molecule has 2 amide bonds. The van der Waals surface area contributed by atoms with E-state index in [-0.39, 0.29) is 34.5 Å². The third-order valence-corrected chi connectivity index (χ3v) is 5.49. The van der Waals surface area contributed by atoms with Gasteiger partial charge in [-0.05, 0) is 66.6 Å². The standard InChI is InChI=1S/C27H21FN4O4/c1-16(17-2-7-21(28)8-3-17)30-22-9-4-18(5-10-22)23-12-13-36-25(23)27(35)32-31-26(34)19-6-11-24(33)20(14-19)15-29/h2-14,16,30,33H,1H3,(H,31,34)(H,32,35)/t16-/m0/s1. The van der Waals surface area contributed by atoms with Crippen LogP contribution in [0.4, 0.5) is 10.1 Å². The molecule has 0 spiro atoms. The number of anilines is 1. The number of carbonyl (C=O) groups excluding carboxylic acids is 2. The quantitative estimate of drug-likeness (QED) is 0.288. The molecule has 8 nitrogen and oxygen atoms in total. The molecule has 0 bridgehead atoms. The van der Waals surface area contributed by atoms with Crippen molar-refractivity contribution < 1.29 is 23.5 Å². The van der Waals surface area contributed by atoms with Crippen molar-refractivity contribution in [3.05, 3.63) is 107 Å². The molecule has 0 radical (unpaired) electrons. The number of amides is 2.